The Bertz CT molecular complexity index is 407. The lowest BCUT2D eigenvalue weighted by molar-refractivity contribution is -0.385. The quantitative estimate of drug-likeness (QED) is 0.435. The first kappa shape index (κ1) is 10.2. The summed E-state index contributed by atoms with van der Waals surface area (Å²) in [6.45, 7) is 1.28. The van der Waals surface area contributed by atoms with E-state index < -0.39 is 10.5 Å². The summed E-state index contributed by atoms with van der Waals surface area (Å²) in [6.07, 6.45) is 0. The number of nitro groups is 1. The zero-order valence-corrected chi connectivity index (χ0v) is 7.47. The van der Waals surface area contributed by atoms with Crippen LogP contribution in [0.3, 0.4) is 0 Å². The van der Waals surface area contributed by atoms with Gasteiger partial charge in [-0.1, -0.05) is 12.1 Å². The molecule has 1 aromatic rings. The molecule has 5 nitrogen and oxygen atoms in total. The molecule has 1 unspecified atom stereocenters. The average Bonchev–Trinajstić information content (AvgIpc) is 2.18. The van der Waals surface area contributed by atoms with Crippen LogP contribution in [0.5, 0.6) is 0 Å². The molecule has 72 valence electrons. The van der Waals surface area contributed by atoms with Gasteiger partial charge in [-0.15, -0.1) is 0 Å². The molecule has 14 heavy (non-hydrogen) atoms. The van der Waals surface area contributed by atoms with Gasteiger partial charge in [-0.3, -0.25) is 10.1 Å². The standard InChI is InChI=1S/C9H8N2O3/c1-9(12,6-10)7-3-2-4-8(5-7)11(13)14/h2-5,12H,1H3. The molecule has 1 N–H and O–H groups in total. The van der Waals surface area contributed by atoms with Gasteiger partial charge in [0.25, 0.3) is 5.69 Å². The Hall–Kier alpha value is -1.93. The highest BCUT2D eigenvalue weighted by molar-refractivity contribution is 5.39. The number of benzene rings is 1. The second-order valence-corrected chi connectivity index (χ2v) is 2.99. The number of hydrogen-bond acceptors (Lipinski definition) is 4. The lowest BCUT2D eigenvalue weighted by Gasteiger charge is -2.13. The molecule has 0 aliphatic rings. The van der Waals surface area contributed by atoms with Gasteiger partial charge in [0.15, 0.2) is 5.60 Å². The molecule has 0 heterocycles. The second kappa shape index (κ2) is 3.44. The van der Waals surface area contributed by atoms with E-state index in [0.29, 0.717) is 0 Å². The van der Waals surface area contributed by atoms with Gasteiger partial charge in [-0.25, -0.2) is 0 Å². The molecule has 0 aliphatic carbocycles. The molecule has 0 aliphatic heterocycles. The van der Waals surface area contributed by atoms with Crippen molar-refractivity contribution in [2.24, 2.45) is 0 Å². The molecule has 1 aromatic carbocycles. The Morgan fingerprint density at radius 3 is 2.79 bits per heavy atom. The van der Waals surface area contributed by atoms with Gasteiger partial charge >= 0.3 is 0 Å². The first-order chi connectivity index (χ1) is 6.47. The third kappa shape index (κ3) is 1.87. The third-order valence-corrected chi connectivity index (χ3v) is 1.84. The normalized spacial score (nSPS) is 14.1. The first-order valence-corrected chi connectivity index (χ1v) is 3.86. The largest absolute Gasteiger partial charge is 0.372 e. The van der Waals surface area contributed by atoms with E-state index in [9.17, 15) is 15.2 Å². The van der Waals surface area contributed by atoms with Crippen molar-refractivity contribution in [2.45, 2.75) is 12.5 Å². The van der Waals surface area contributed by atoms with Gasteiger partial charge in [0.05, 0.1) is 4.92 Å². The number of nitrogens with zero attached hydrogens (tertiary/aromatic N) is 2. The molecule has 0 saturated heterocycles. The fourth-order valence-corrected chi connectivity index (χ4v) is 0.987. The first-order valence-electron chi connectivity index (χ1n) is 3.86. The van der Waals surface area contributed by atoms with Gasteiger partial charge < -0.3 is 5.11 Å². The Morgan fingerprint density at radius 2 is 2.29 bits per heavy atom. The lowest BCUT2D eigenvalue weighted by atomic mass is 9.97. The number of non-ortho nitro benzene ring substituents is 1. The van der Waals surface area contributed by atoms with Crippen LogP contribution in [-0.2, 0) is 5.60 Å². The summed E-state index contributed by atoms with van der Waals surface area (Å²) < 4.78 is 0. The summed E-state index contributed by atoms with van der Waals surface area (Å²) in [5.41, 5.74) is -1.61. The van der Waals surface area contributed by atoms with E-state index in [1.807, 2.05) is 0 Å². The van der Waals surface area contributed by atoms with E-state index in [0.717, 1.165) is 0 Å². The Labute approximate surface area is 80.4 Å². The number of nitro benzene ring substituents is 1. The highest BCUT2D eigenvalue weighted by Crippen LogP contribution is 2.23. The van der Waals surface area contributed by atoms with E-state index in [1.165, 1.54) is 31.2 Å². The van der Waals surface area contributed by atoms with Gasteiger partial charge in [-0.2, -0.15) is 5.26 Å². The summed E-state index contributed by atoms with van der Waals surface area (Å²) in [4.78, 5) is 9.84. The van der Waals surface area contributed by atoms with Crippen LogP contribution >= 0.6 is 0 Å². The molecule has 0 spiro atoms. The number of rotatable bonds is 2. The monoisotopic (exact) mass is 192 g/mol. The number of hydrogen-bond donors (Lipinski definition) is 1. The van der Waals surface area contributed by atoms with Crippen molar-refractivity contribution in [3.05, 3.63) is 39.9 Å². The van der Waals surface area contributed by atoms with E-state index in [2.05, 4.69) is 0 Å². The van der Waals surface area contributed by atoms with Crippen molar-refractivity contribution >= 4 is 5.69 Å². The topological polar surface area (TPSA) is 87.2 Å². The predicted octanol–water partition coefficient (Wildman–Crippen LogP) is 1.33. The maximum absolute atomic E-state index is 10.4. The minimum atomic E-state index is -1.69. The molecule has 0 saturated carbocycles. The fourth-order valence-electron chi connectivity index (χ4n) is 0.987. The maximum Gasteiger partial charge on any atom is 0.269 e. The van der Waals surface area contributed by atoms with Crippen LogP contribution in [0, 0.1) is 21.4 Å². The van der Waals surface area contributed by atoms with Crippen LogP contribution in [0.1, 0.15) is 12.5 Å². The van der Waals surface area contributed by atoms with Crippen molar-refractivity contribution in [2.75, 3.05) is 0 Å². The molecule has 5 heteroatoms. The molecule has 0 amide bonds. The number of nitriles is 1. The van der Waals surface area contributed by atoms with E-state index in [4.69, 9.17) is 5.26 Å². The summed E-state index contributed by atoms with van der Waals surface area (Å²) in [6, 6.07) is 7.04. The maximum atomic E-state index is 10.4. The number of aliphatic hydroxyl groups is 1. The summed E-state index contributed by atoms with van der Waals surface area (Å²) in [7, 11) is 0. The van der Waals surface area contributed by atoms with E-state index in [1.54, 1.807) is 6.07 Å². The van der Waals surface area contributed by atoms with Crippen molar-refractivity contribution in [1.29, 1.82) is 5.26 Å². The van der Waals surface area contributed by atoms with Crippen molar-refractivity contribution in [3.8, 4) is 6.07 Å². The molecular weight excluding hydrogens is 184 g/mol. The molecule has 1 atom stereocenters. The Morgan fingerprint density at radius 1 is 1.64 bits per heavy atom. The van der Waals surface area contributed by atoms with Crippen LogP contribution in [0.2, 0.25) is 0 Å². The molecule has 0 radical (unpaired) electrons. The van der Waals surface area contributed by atoms with Crippen LogP contribution in [0.4, 0.5) is 5.69 Å². The summed E-state index contributed by atoms with van der Waals surface area (Å²) in [5.74, 6) is 0. The van der Waals surface area contributed by atoms with Gasteiger partial charge in [0.1, 0.15) is 6.07 Å². The Kier molecular flexibility index (Phi) is 2.49. The van der Waals surface area contributed by atoms with E-state index in [-0.39, 0.29) is 11.3 Å². The highest BCUT2D eigenvalue weighted by Gasteiger charge is 2.23. The van der Waals surface area contributed by atoms with Gasteiger partial charge in [0.2, 0.25) is 0 Å². The van der Waals surface area contributed by atoms with Crippen LogP contribution < -0.4 is 0 Å². The van der Waals surface area contributed by atoms with Crippen LogP contribution in [0.15, 0.2) is 24.3 Å². The van der Waals surface area contributed by atoms with Crippen molar-refractivity contribution < 1.29 is 10.0 Å². The van der Waals surface area contributed by atoms with Crippen LogP contribution in [0.25, 0.3) is 0 Å². The zero-order chi connectivity index (χ0) is 10.8. The molecule has 0 aromatic heterocycles. The van der Waals surface area contributed by atoms with E-state index >= 15 is 0 Å². The minimum Gasteiger partial charge on any atom is -0.372 e. The molecule has 0 bridgehead atoms. The SMILES string of the molecule is CC(O)(C#N)c1cccc([N+](=O)[O-])c1. The van der Waals surface area contributed by atoms with Crippen molar-refractivity contribution in [3.63, 3.8) is 0 Å². The van der Waals surface area contributed by atoms with Crippen LogP contribution in [-0.4, -0.2) is 10.0 Å². The zero-order valence-electron chi connectivity index (χ0n) is 7.47. The van der Waals surface area contributed by atoms with Gasteiger partial charge in [0, 0.05) is 17.7 Å². The predicted molar refractivity (Wildman–Crippen MR) is 48.3 cm³/mol. The highest BCUT2D eigenvalue weighted by atomic mass is 16.6. The summed E-state index contributed by atoms with van der Waals surface area (Å²) in [5, 5.41) is 28.5. The molecule has 1 rings (SSSR count). The average molecular weight is 192 g/mol. The molecular formula is C9H8N2O3. The van der Waals surface area contributed by atoms with Crippen molar-refractivity contribution in [1.82, 2.24) is 0 Å². The smallest absolute Gasteiger partial charge is 0.269 e. The van der Waals surface area contributed by atoms with Gasteiger partial charge in [-0.05, 0) is 6.92 Å². The second-order valence-electron chi connectivity index (χ2n) is 2.99. The lowest BCUT2D eigenvalue weighted by Crippen LogP contribution is -2.17. The fraction of sp³-hybridized carbons (Fsp3) is 0.222. The molecule has 0 fully saturated rings. The summed E-state index contributed by atoms with van der Waals surface area (Å²) >= 11 is 0. The third-order valence-electron chi connectivity index (χ3n) is 1.84. The minimum absolute atomic E-state index is 0.141. The Balaban J connectivity index is 3.20.